The predicted octanol–water partition coefficient (Wildman–Crippen LogP) is 3.36. The van der Waals surface area contributed by atoms with Crippen molar-refractivity contribution in [1.82, 2.24) is 0 Å². The van der Waals surface area contributed by atoms with E-state index in [2.05, 4.69) is 13.0 Å². The lowest BCUT2D eigenvalue weighted by Crippen LogP contribution is -2.32. The lowest BCUT2D eigenvalue weighted by Gasteiger charge is -2.26. The van der Waals surface area contributed by atoms with Crippen LogP contribution in [0.3, 0.4) is 0 Å². The quantitative estimate of drug-likeness (QED) is 0.350. The molecule has 0 unspecified atom stereocenters. The Morgan fingerprint density at radius 1 is 1.40 bits per heavy atom. The Labute approximate surface area is 93.7 Å². The summed E-state index contributed by atoms with van der Waals surface area (Å²) < 4.78 is 5.47. The standard InChI is InChI=1S/C13H24O2/c1-5-7-8-9-10-13(4,11-14)12(3)15-6-2/h9-12H,5-8H2,1-4H3/b10-9+/t12-,13-/m0/s1. The molecular weight excluding hydrogens is 188 g/mol. The zero-order valence-corrected chi connectivity index (χ0v) is 10.5. The normalized spacial score (nSPS) is 17.6. The average molecular weight is 212 g/mol. The van der Waals surface area contributed by atoms with E-state index in [0.717, 1.165) is 12.7 Å². The van der Waals surface area contributed by atoms with Crippen molar-refractivity contribution in [1.29, 1.82) is 0 Å². The summed E-state index contributed by atoms with van der Waals surface area (Å²) in [5.74, 6) is 0. The van der Waals surface area contributed by atoms with Crippen LogP contribution in [-0.2, 0) is 9.53 Å². The monoisotopic (exact) mass is 212 g/mol. The van der Waals surface area contributed by atoms with Gasteiger partial charge in [0.1, 0.15) is 6.29 Å². The Hall–Kier alpha value is -0.630. The van der Waals surface area contributed by atoms with Crippen LogP contribution in [0.4, 0.5) is 0 Å². The van der Waals surface area contributed by atoms with Crippen molar-refractivity contribution < 1.29 is 9.53 Å². The molecule has 0 aromatic rings. The second-order valence-electron chi connectivity index (χ2n) is 4.13. The summed E-state index contributed by atoms with van der Waals surface area (Å²) in [6, 6.07) is 0. The largest absolute Gasteiger partial charge is 0.377 e. The first-order valence-electron chi connectivity index (χ1n) is 5.86. The first-order chi connectivity index (χ1) is 7.10. The summed E-state index contributed by atoms with van der Waals surface area (Å²) >= 11 is 0. The molecule has 0 aromatic carbocycles. The van der Waals surface area contributed by atoms with E-state index >= 15 is 0 Å². The highest BCUT2D eigenvalue weighted by Crippen LogP contribution is 2.23. The zero-order chi connectivity index (χ0) is 11.7. The van der Waals surface area contributed by atoms with Gasteiger partial charge in [-0.3, -0.25) is 0 Å². The minimum Gasteiger partial charge on any atom is -0.377 e. The summed E-state index contributed by atoms with van der Waals surface area (Å²) in [6.45, 7) is 8.62. The molecule has 0 saturated carbocycles. The Balaban J connectivity index is 4.28. The second kappa shape index (κ2) is 7.63. The lowest BCUT2D eigenvalue weighted by molar-refractivity contribution is -0.119. The van der Waals surface area contributed by atoms with Crippen molar-refractivity contribution in [2.75, 3.05) is 6.61 Å². The summed E-state index contributed by atoms with van der Waals surface area (Å²) in [6.07, 6.45) is 8.40. The predicted molar refractivity (Wildman–Crippen MR) is 63.9 cm³/mol. The molecule has 0 fully saturated rings. The molecule has 0 aliphatic carbocycles. The minimum absolute atomic E-state index is 0.0575. The molecule has 0 radical (unpaired) electrons. The number of aldehydes is 1. The van der Waals surface area contributed by atoms with Crippen LogP contribution in [0, 0.1) is 5.41 Å². The Bertz CT molecular complexity index is 199. The van der Waals surface area contributed by atoms with Gasteiger partial charge in [-0.1, -0.05) is 31.9 Å². The molecule has 0 bridgehead atoms. The number of hydrogen-bond acceptors (Lipinski definition) is 2. The maximum Gasteiger partial charge on any atom is 0.132 e. The number of unbranched alkanes of at least 4 members (excludes halogenated alkanes) is 2. The van der Waals surface area contributed by atoms with Crippen molar-refractivity contribution in [3.05, 3.63) is 12.2 Å². The number of rotatable bonds is 8. The van der Waals surface area contributed by atoms with Gasteiger partial charge in [-0.25, -0.2) is 0 Å². The Kier molecular flexibility index (Phi) is 7.31. The minimum atomic E-state index is -0.482. The molecule has 0 amide bonds. The number of carbonyl (C=O) groups excluding carboxylic acids is 1. The smallest absolute Gasteiger partial charge is 0.132 e. The summed E-state index contributed by atoms with van der Waals surface area (Å²) in [7, 11) is 0. The number of allylic oxidation sites excluding steroid dienone is 1. The highest BCUT2D eigenvalue weighted by Gasteiger charge is 2.28. The van der Waals surface area contributed by atoms with Crippen molar-refractivity contribution in [3.63, 3.8) is 0 Å². The number of hydrogen-bond donors (Lipinski definition) is 0. The maximum atomic E-state index is 11.1. The van der Waals surface area contributed by atoms with Gasteiger partial charge in [0.25, 0.3) is 0 Å². The van der Waals surface area contributed by atoms with Crippen LogP contribution in [-0.4, -0.2) is 19.0 Å². The van der Waals surface area contributed by atoms with Gasteiger partial charge in [-0.2, -0.15) is 0 Å². The molecule has 2 atom stereocenters. The molecule has 0 saturated heterocycles. The van der Waals surface area contributed by atoms with Gasteiger partial charge in [0, 0.05) is 6.61 Å². The van der Waals surface area contributed by atoms with Gasteiger partial charge in [0.05, 0.1) is 11.5 Å². The summed E-state index contributed by atoms with van der Waals surface area (Å²) in [5.41, 5.74) is -0.482. The van der Waals surface area contributed by atoms with E-state index in [1.165, 1.54) is 12.8 Å². The van der Waals surface area contributed by atoms with Crippen LogP contribution >= 0.6 is 0 Å². The first-order valence-corrected chi connectivity index (χ1v) is 5.86. The Morgan fingerprint density at radius 2 is 2.07 bits per heavy atom. The van der Waals surface area contributed by atoms with E-state index in [9.17, 15) is 4.79 Å². The molecule has 0 heterocycles. The SMILES string of the molecule is CCCC/C=C/[C@@](C)(C=O)[C@H](C)OCC. The van der Waals surface area contributed by atoms with E-state index in [1.807, 2.05) is 26.8 Å². The van der Waals surface area contributed by atoms with Crippen molar-refractivity contribution in [2.45, 2.75) is 53.1 Å². The van der Waals surface area contributed by atoms with E-state index in [-0.39, 0.29) is 6.10 Å². The Morgan fingerprint density at radius 3 is 2.53 bits per heavy atom. The van der Waals surface area contributed by atoms with Crippen molar-refractivity contribution in [2.24, 2.45) is 5.41 Å². The van der Waals surface area contributed by atoms with Gasteiger partial charge in [-0.15, -0.1) is 0 Å². The molecule has 0 rings (SSSR count). The van der Waals surface area contributed by atoms with Crippen LogP contribution in [0.15, 0.2) is 12.2 Å². The highest BCUT2D eigenvalue weighted by atomic mass is 16.5. The van der Waals surface area contributed by atoms with Crippen LogP contribution in [0.5, 0.6) is 0 Å². The molecule has 0 aliphatic rings. The van der Waals surface area contributed by atoms with E-state index in [4.69, 9.17) is 4.74 Å². The molecule has 0 N–H and O–H groups in total. The third kappa shape index (κ3) is 5.12. The molecule has 0 spiro atoms. The van der Waals surface area contributed by atoms with E-state index in [1.54, 1.807) is 0 Å². The van der Waals surface area contributed by atoms with Gasteiger partial charge in [0.15, 0.2) is 0 Å². The van der Waals surface area contributed by atoms with Crippen LogP contribution in [0.25, 0.3) is 0 Å². The van der Waals surface area contributed by atoms with Crippen LogP contribution < -0.4 is 0 Å². The average Bonchev–Trinajstić information content (AvgIpc) is 2.24. The van der Waals surface area contributed by atoms with Crippen LogP contribution in [0.1, 0.15) is 47.0 Å². The molecular formula is C13H24O2. The fourth-order valence-electron chi connectivity index (χ4n) is 1.36. The van der Waals surface area contributed by atoms with Crippen molar-refractivity contribution >= 4 is 6.29 Å². The number of carbonyl (C=O) groups is 1. The molecule has 88 valence electrons. The van der Waals surface area contributed by atoms with E-state index < -0.39 is 5.41 Å². The molecule has 0 aromatic heterocycles. The van der Waals surface area contributed by atoms with Gasteiger partial charge in [-0.05, 0) is 27.2 Å². The summed E-state index contributed by atoms with van der Waals surface area (Å²) in [5, 5.41) is 0. The highest BCUT2D eigenvalue weighted by molar-refractivity contribution is 5.63. The third-order valence-electron chi connectivity index (χ3n) is 2.75. The topological polar surface area (TPSA) is 26.3 Å². The summed E-state index contributed by atoms with van der Waals surface area (Å²) in [4.78, 5) is 11.1. The second-order valence-corrected chi connectivity index (χ2v) is 4.13. The molecule has 2 nitrogen and oxygen atoms in total. The van der Waals surface area contributed by atoms with Gasteiger partial charge in [0.2, 0.25) is 0 Å². The van der Waals surface area contributed by atoms with E-state index in [0.29, 0.717) is 6.61 Å². The fraction of sp³-hybridized carbons (Fsp3) is 0.769. The molecule has 0 aliphatic heterocycles. The zero-order valence-electron chi connectivity index (χ0n) is 10.5. The van der Waals surface area contributed by atoms with Crippen molar-refractivity contribution in [3.8, 4) is 0 Å². The third-order valence-corrected chi connectivity index (χ3v) is 2.75. The maximum absolute atomic E-state index is 11.1. The van der Waals surface area contributed by atoms with Gasteiger partial charge >= 0.3 is 0 Å². The van der Waals surface area contributed by atoms with Gasteiger partial charge < -0.3 is 9.53 Å². The first kappa shape index (κ1) is 14.4. The van der Waals surface area contributed by atoms with Crippen LogP contribution in [0.2, 0.25) is 0 Å². The molecule has 2 heteroatoms. The fourth-order valence-corrected chi connectivity index (χ4v) is 1.36. The lowest BCUT2D eigenvalue weighted by atomic mass is 9.86. The number of ether oxygens (including phenoxy) is 1. The molecule has 15 heavy (non-hydrogen) atoms.